The minimum atomic E-state index is 0.775. The molecule has 3 aromatic rings. The van der Waals surface area contributed by atoms with Crippen molar-refractivity contribution in [1.29, 1.82) is 0 Å². The Bertz CT molecular complexity index is 844. The molecule has 0 N–H and O–H groups in total. The lowest BCUT2D eigenvalue weighted by Crippen LogP contribution is -2.36. The Labute approximate surface area is 132 Å². The number of aromatic nitrogens is 3. The lowest BCUT2D eigenvalue weighted by atomic mass is 10.0. The molecule has 0 spiro atoms. The van der Waals surface area contributed by atoms with E-state index in [0.717, 1.165) is 35.4 Å². The van der Waals surface area contributed by atoms with E-state index in [1.165, 1.54) is 23.1 Å². The van der Waals surface area contributed by atoms with Crippen LogP contribution in [0.25, 0.3) is 15.2 Å². The minimum absolute atomic E-state index is 0.775. The fourth-order valence-electron chi connectivity index (χ4n) is 3.18. The topological polar surface area (TPSA) is 25.5 Å². The van der Waals surface area contributed by atoms with Gasteiger partial charge >= 0.3 is 0 Å². The normalized spacial score (nSPS) is 20.5. The molecule has 1 aromatic carbocycles. The van der Waals surface area contributed by atoms with Crippen molar-refractivity contribution in [3.8, 4) is 0 Å². The Morgan fingerprint density at radius 3 is 3.10 bits per heavy atom. The lowest BCUT2D eigenvalue weighted by Gasteiger charge is -2.30. The van der Waals surface area contributed by atoms with Gasteiger partial charge in [0.2, 0.25) is 9.73 Å². The maximum atomic E-state index is 5.65. The van der Waals surface area contributed by atoms with Crippen molar-refractivity contribution < 1.29 is 0 Å². The van der Waals surface area contributed by atoms with Crippen LogP contribution in [0.1, 0.15) is 19.8 Å². The average molecular weight is 318 g/mol. The van der Waals surface area contributed by atoms with E-state index in [4.69, 9.17) is 17.3 Å². The van der Waals surface area contributed by atoms with Gasteiger partial charge < -0.3 is 0 Å². The van der Waals surface area contributed by atoms with E-state index < -0.39 is 0 Å². The van der Waals surface area contributed by atoms with Crippen LogP contribution in [0.3, 0.4) is 0 Å². The van der Waals surface area contributed by atoms with Gasteiger partial charge in [-0.05, 0) is 49.7 Å². The molecule has 110 valence electrons. The summed E-state index contributed by atoms with van der Waals surface area (Å²) in [6.07, 6.45) is 2.62. The minimum Gasteiger partial charge on any atom is -0.284 e. The summed E-state index contributed by atoms with van der Waals surface area (Å²) in [5, 5.41) is 4.72. The molecule has 4 nitrogen and oxygen atoms in total. The number of benzene rings is 1. The van der Waals surface area contributed by atoms with Gasteiger partial charge in [-0.15, -0.1) is 5.10 Å². The Morgan fingerprint density at radius 1 is 1.38 bits per heavy atom. The zero-order valence-electron chi connectivity index (χ0n) is 12.0. The third kappa shape index (κ3) is 2.31. The van der Waals surface area contributed by atoms with Crippen LogP contribution in [-0.2, 0) is 6.67 Å². The first kappa shape index (κ1) is 13.4. The second-order valence-corrected chi connectivity index (χ2v) is 7.31. The van der Waals surface area contributed by atoms with Gasteiger partial charge in [-0.3, -0.25) is 9.30 Å². The van der Waals surface area contributed by atoms with Gasteiger partial charge in [-0.1, -0.05) is 30.4 Å². The van der Waals surface area contributed by atoms with Gasteiger partial charge in [0.05, 0.1) is 16.9 Å². The highest BCUT2D eigenvalue weighted by atomic mass is 32.1. The predicted molar refractivity (Wildman–Crippen MR) is 89.4 cm³/mol. The summed E-state index contributed by atoms with van der Waals surface area (Å²) >= 11 is 7.35. The smallest absolute Gasteiger partial charge is 0.216 e. The molecule has 21 heavy (non-hydrogen) atoms. The molecule has 0 amide bonds. The van der Waals surface area contributed by atoms with E-state index in [-0.39, 0.29) is 0 Å². The number of likely N-dealkylation sites (tertiary alicyclic amines) is 1. The summed E-state index contributed by atoms with van der Waals surface area (Å²) in [6, 6.07) is 8.36. The number of nitrogens with zero attached hydrogens (tertiary/aromatic N) is 4. The summed E-state index contributed by atoms with van der Waals surface area (Å²) in [5.41, 5.74) is 1.17. The molecule has 1 saturated heterocycles. The molecule has 0 saturated carbocycles. The second kappa shape index (κ2) is 5.19. The third-order valence-electron chi connectivity index (χ3n) is 4.19. The fraction of sp³-hybridized carbons (Fsp3) is 0.467. The number of piperidine rings is 1. The van der Waals surface area contributed by atoms with Crippen molar-refractivity contribution in [2.45, 2.75) is 26.4 Å². The molecule has 4 rings (SSSR count). The molecule has 1 fully saturated rings. The van der Waals surface area contributed by atoms with Crippen LogP contribution in [-0.4, -0.2) is 32.2 Å². The molecule has 0 aliphatic carbocycles. The maximum absolute atomic E-state index is 5.65. The summed E-state index contributed by atoms with van der Waals surface area (Å²) in [7, 11) is 0. The molecule has 6 heteroatoms. The van der Waals surface area contributed by atoms with Gasteiger partial charge in [0.25, 0.3) is 0 Å². The van der Waals surface area contributed by atoms with E-state index in [9.17, 15) is 0 Å². The van der Waals surface area contributed by atoms with Crippen molar-refractivity contribution in [2.24, 2.45) is 5.92 Å². The van der Waals surface area contributed by atoms with Gasteiger partial charge in [0.15, 0.2) is 0 Å². The molecule has 0 unspecified atom stereocenters. The highest BCUT2D eigenvalue weighted by molar-refractivity contribution is 7.71. The summed E-state index contributed by atoms with van der Waals surface area (Å²) in [5.74, 6) is 0.775. The quantitative estimate of drug-likeness (QED) is 0.673. The van der Waals surface area contributed by atoms with Crippen molar-refractivity contribution >= 4 is 38.7 Å². The van der Waals surface area contributed by atoms with Gasteiger partial charge in [0, 0.05) is 6.54 Å². The van der Waals surface area contributed by atoms with Crippen LogP contribution >= 0.6 is 23.6 Å². The van der Waals surface area contributed by atoms with Crippen LogP contribution in [0.5, 0.6) is 0 Å². The maximum Gasteiger partial charge on any atom is 0.216 e. The number of para-hydroxylation sites is 1. The van der Waals surface area contributed by atoms with E-state index in [0.29, 0.717) is 0 Å². The van der Waals surface area contributed by atoms with Crippen molar-refractivity contribution in [2.75, 3.05) is 13.1 Å². The Balaban J connectivity index is 1.73. The molecule has 0 radical (unpaired) electrons. The monoisotopic (exact) mass is 318 g/mol. The Hall–Kier alpha value is -1.24. The molecule has 3 heterocycles. The van der Waals surface area contributed by atoms with Gasteiger partial charge in [0.1, 0.15) is 0 Å². The molecule has 1 aliphatic heterocycles. The van der Waals surface area contributed by atoms with Crippen molar-refractivity contribution in [3.05, 3.63) is 29.0 Å². The highest BCUT2D eigenvalue weighted by Gasteiger charge is 2.18. The fourth-order valence-corrected chi connectivity index (χ4v) is 4.55. The van der Waals surface area contributed by atoms with E-state index >= 15 is 0 Å². The van der Waals surface area contributed by atoms with E-state index in [1.54, 1.807) is 11.3 Å². The second-order valence-electron chi connectivity index (χ2n) is 5.94. The van der Waals surface area contributed by atoms with Crippen LogP contribution in [0.2, 0.25) is 0 Å². The number of hydrogen-bond acceptors (Lipinski definition) is 4. The number of rotatable bonds is 2. The number of hydrogen-bond donors (Lipinski definition) is 0. The molecular formula is C15H18N4S2. The first-order chi connectivity index (χ1) is 10.2. The van der Waals surface area contributed by atoms with Crippen molar-refractivity contribution in [1.82, 2.24) is 19.1 Å². The highest BCUT2D eigenvalue weighted by Crippen LogP contribution is 2.26. The van der Waals surface area contributed by atoms with Crippen molar-refractivity contribution in [3.63, 3.8) is 0 Å². The van der Waals surface area contributed by atoms with Gasteiger partial charge in [-0.25, -0.2) is 4.68 Å². The predicted octanol–water partition coefficient (Wildman–Crippen LogP) is 3.77. The van der Waals surface area contributed by atoms with Crippen LogP contribution in [0.4, 0.5) is 0 Å². The van der Waals surface area contributed by atoms with Crippen LogP contribution in [0.15, 0.2) is 24.3 Å². The number of thiazole rings is 1. The molecule has 0 bridgehead atoms. The van der Waals surface area contributed by atoms with Crippen LogP contribution < -0.4 is 0 Å². The number of fused-ring (bicyclic) bond motifs is 3. The summed E-state index contributed by atoms with van der Waals surface area (Å²) in [4.78, 5) is 3.45. The SMILES string of the molecule is C[C@@H]1CCCN(Cn2nc3sc4ccccc4n3c2=S)C1. The molecule has 1 aliphatic rings. The molecular weight excluding hydrogens is 300 g/mol. The largest absolute Gasteiger partial charge is 0.284 e. The summed E-state index contributed by atoms with van der Waals surface area (Å²) < 4.78 is 6.12. The first-order valence-electron chi connectivity index (χ1n) is 7.42. The first-order valence-corrected chi connectivity index (χ1v) is 8.64. The van der Waals surface area contributed by atoms with E-state index in [1.807, 2.05) is 4.68 Å². The standard InChI is InChI=1S/C15H18N4S2/c1-11-5-4-8-17(9-11)10-18-15(20)19-12-6-2-3-7-13(12)21-14(19)16-18/h2-3,6-7,11H,4-5,8-10H2,1H3/t11-/m1/s1. The Morgan fingerprint density at radius 2 is 2.24 bits per heavy atom. The molecule has 2 aromatic heterocycles. The summed E-state index contributed by atoms with van der Waals surface area (Å²) in [6.45, 7) is 5.43. The zero-order valence-corrected chi connectivity index (χ0v) is 13.7. The average Bonchev–Trinajstić information content (AvgIpc) is 2.97. The van der Waals surface area contributed by atoms with E-state index in [2.05, 4.69) is 40.5 Å². The molecule has 1 atom stereocenters. The van der Waals surface area contributed by atoms with Crippen LogP contribution in [0, 0.1) is 10.7 Å². The third-order valence-corrected chi connectivity index (χ3v) is 5.60. The Kier molecular flexibility index (Phi) is 3.32. The van der Waals surface area contributed by atoms with Gasteiger partial charge in [-0.2, -0.15) is 0 Å². The lowest BCUT2D eigenvalue weighted by molar-refractivity contribution is 0.138. The zero-order chi connectivity index (χ0) is 14.4.